The zero-order valence-corrected chi connectivity index (χ0v) is 13.0. The molecule has 2 amide bonds. The second kappa shape index (κ2) is 6.54. The molecule has 0 aliphatic rings. The van der Waals surface area contributed by atoms with Crippen molar-refractivity contribution in [3.8, 4) is 0 Å². The summed E-state index contributed by atoms with van der Waals surface area (Å²) in [5, 5.41) is 3.43. The Balaban J connectivity index is 1.64. The van der Waals surface area contributed by atoms with E-state index < -0.39 is 0 Å². The van der Waals surface area contributed by atoms with Gasteiger partial charge in [-0.3, -0.25) is 9.59 Å². The fraction of sp³-hybridized carbons (Fsp3) is 0.111. The van der Waals surface area contributed by atoms with Crippen molar-refractivity contribution < 1.29 is 18.4 Å². The molecule has 2 aromatic carbocycles. The second-order valence-corrected chi connectivity index (χ2v) is 5.36. The number of carbonyl (C=O) groups is 2. The van der Waals surface area contributed by atoms with E-state index >= 15 is 0 Å². The van der Waals surface area contributed by atoms with Crippen molar-refractivity contribution in [2.45, 2.75) is 0 Å². The lowest BCUT2D eigenvalue weighted by Crippen LogP contribution is -2.34. The predicted octanol–water partition coefficient (Wildman–Crippen LogP) is 3.28. The van der Waals surface area contributed by atoms with E-state index in [-0.39, 0.29) is 29.9 Å². The number of hydrogen-bond donors (Lipinski definition) is 1. The maximum absolute atomic E-state index is 12.8. The molecule has 0 unspecified atom stereocenters. The molecule has 0 aliphatic heterocycles. The normalized spacial score (nSPS) is 10.6. The molecule has 0 bridgehead atoms. The highest BCUT2D eigenvalue weighted by molar-refractivity contribution is 5.99. The van der Waals surface area contributed by atoms with Crippen molar-refractivity contribution in [1.82, 2.24) is 4.90 Å². The minimum Gasteiger partial charge on any atom is -0.451 e. The molecule has 5 nitrogen and oxygen atoms in total. The summed E-state index contributed by atoms with van der Waals surface area (Å²) in [6, 6.07) is 14.3. The standard InChI is InChI=1S/C18H15FN2O3/c1-21(11-17(22)20-14-8-6-13(19)7-9-14)18(23)16-10-12-4-2-3-5-15(12)24-16/h2-10H,11H2,1H3,(H,20,22). The summed E-state index contributed by atoms with van der Waals surface area (Å²) in [4.78, 5) is 25.6. The highest BCUT2D eigenvalue weighted by atomic mass is 19.1. The summed E-state index contributed by atoms with van der Waals surface area (Å²) in [6.07, 6.45) is 0. The van der Waals surface area contributed by atoms with Crippen LogP contribution in [-0.4, -0.2) is 30.3 Å². The minimum atomic E-state index is -0.388. The first-order chi connectivity index (χ1) is 11.5. The summed E-state index contributed by atoms with van der Waals surface area (Å²) in [7, 11) is 1.51. The predicted molar refractivity (Wildman–Crippen MR) is 88.2 cm³/mol. The fourth-order valence-corrected chi connectivity index (χ4v) is 2.30. The van der Waals surface area contributed by atoms with Gasteiger partial charge in [-0.1, -0.05) is 18.2 Å². The number of benzene rings is 2. The third kappa shape index (κ3) is 3.43. The molecule has 0 fully saturated rings. The topological polar surface area (TPSA) is 62.6 Å². The summed E-state index contributed by atoms with van der Waals surface area (Å²) in [6.45, 7) is -0.146. The van der Waals surface area contributed by atoms with Crippen LogP contribution in [0.4, 0.5) is 10.1 Å². The van der Waals surface area contributed by atoms with E-state index in [1.54, 1.807) is 12.1 Å². The van der Waals surface area contributed by atoms with E-state index in [0.717, 1.165) is 5.39 Å². The van der Waals surface area contributed by atoms with Crippen LogP contribution in [0.5, 0.6) is 0 Å². The Labute approximate surface area is 137 Å². The number of rotatable bonds is 4. The molecule has 1 N–H and O–H groups in total. The second-order valence-electron chi connectivity index (χ2n) is 5.36. The molecule has 6 heteroatoms. The number of likely N-dealkylation sites (N-methyl/N-ethyl adjacent to an activating group) is 1. The average molecular weight is 326 g/mol. The van der Waals surface area contributed by atoms with Crippen LogP contribution in [0, 0.1) is 5.82 Å². The third-order valence-electron chi connectivity index (χ3n) is 3.49. The molecule has 0 saturated carbocycles. The largest absolute Gasteiger partial charge is 0.451 e. The van der Waals surface area contributed by atoms with Crippen LogP contribution in [0.1, 0.15) is 10.6 Å². The molecule has 0 radical (unpaired) electrons. The molecule has 0 aliphatic carbocycles. The first-order valence-corrected chi connectivity index (χ1v) is 7.32. The Morgan fingerprint density at radius 2 is 1.83 bits per heavy atom. The molecule has 1 aromatic heterocycles. The number of nitrogens with zero attached hydrogens (tertiary/aromatic N) is 1. The van der Waals surface area contributed by atoms with E-state index in [4.69, 9.17) is 4.42 Å². The fourth-order valence-electron chi connectivity index (χ4n) is 2.30. The molecule has 0 saturated heterocycles. The van der Waals surface area contributed by atoms with Gasteiger partial charge in [0.15, 0.2) is 5.76 Å². The molecule has 122 valence electrons. The van der Waals surface area contributed by atoms with Crippen LogP contribution >= 0.6 is 0 Å². The average Bonchev–Trinajstić information content (AvgIpc) is 3.00. The first kappa shape index (κ1) is 15.7. The highest BCUT2D eigenvalue weighted by Gasteiger charge is 2.19. The minimum absolute atomic E-state index is 0.146. The van der Waals surface area contributed by atoms with E-state index in [1.807, 2.05) is 18.2 Å². The van der Waals surface area contributed by atoms with Gasteiger partial charge in [0.25, 0.3) is 5.91 Å². The maximum Gasteiger partial charge on any atom is 0.289 e. The lowest BCUT2D eigenvalue weighted by molar-refractivity contribution is -0.116. The van der Waals surface area contributed by atoms with Gasteiger partial charge < -0.3 is 14.6 Å². The Morgan fingerprint density at radius 3 is 2.54 bits per heavy atom. The lowest BCUT2D eigenvalue weighted by atomic mass is 10.2. The van der Waals surface area contributed by atoms with Crippen molar-refractivity contribution >= 4 is 28.5 Å². The van der Waals surface area contributed by atoms with Gasteiger partial charge in [-0.2, -0.15) is 0 Å². The van der Waals surface area contributed by atoms with Crippen LogP contribution in [0.2, 0.25) is 0 Å². The third-order valence-corrected chi connectivity index (χ3v) is 3.49. The number of halogens is 1. The van der Waals surface area contributed by atoms with Crippen molar-refractivity contribution in [1.29, 1.82) is 0 Å². The Morgan fingerprint density at radius 1 is 1.12 bits per heavy atom. The van der Waals surface area contributed by atoms with E-state index in [2.05, 4.69) is 5.32 Å². The van der Waals surface area contributed by atoms with Gasteiger partial charge >= 0.3 is 0 Å². The van der Waals surface area contributed by atoms with Crippen LogP contribution in [0.15, 0.2) is 59.0 Å². The van der Waals surface area contributed by atoms with Crippen LogP contribution in [0.3, 0.4) is 0 Å². The summed E-state index contributed by atoms with van der Waals surface area (Å²) < 4.78 is 18.3. The monoisotopic (exact) mass is 326 g/mol. The van der Waals surface area contributed by atoms with Gasteiger partial charge in [0.1, 0.15) is 11.4 Å². The van der Waals surface area contributed by atoms with Crippen LogP contribution < -0.4 is 5.32 Å². The molecule has 0 atom stereocenters. The van der Waals surface area contributed by atoms with Gasteiger partial charge in [0.2, 0.25) is 5.91 Å². The molecule has 3 rings (SSSR count). The van der Waals surface area contributed by atoms with Crippen molar-refractivity contribution in [2.24, 2.45) is 0 Å². The smallest absolute Gasteiger partial charge is 0.289 e. The summed E-state index contributed by atoms with van der Waals surface area (Å²) in [5.74, 6) is -0.979. The van der Waals surface area contributed by atoms with Crippen LogP contribution in [0.25, 0.3) is 11.0 Å². The quantitative estimate of drug-likeness (QED) is 0.800. The number of furan rings is 1. The van der Waals surface area contributed by atoms with Gasteiger partial charge in [-0.25, -0.2) is 4.39 Å². The first-order valence-electron chi connectivity index (χ1n) is 7.32. The zero-order chi connectivity index (χ0) is 17.1. The Kier molecular flexibility index (Phi) is 4.29. The summed E-state index contributed by atoms with van der Waals surface area (Å²) in [5.41, 5.74) is 1.08. The maximum atomic E-state index is 12.8. The van der Waals surface area contributed by atoms with Gasteiger partial charge in [0.05, 0.1) is 6.54 Å². The molecule has 24 heavy (non-hydrogen) atoms. The number of carbonyl (C=O) groups excluding carboxylic acids is 2. The molecule has 0 spiro atoms. The van der Waals surface area contributed by atoms with E-state index in [0.29, 0.717) is 11.3 Å². The molecule has 1 heterocycles. The van der Waals surface area contributed by atoms with E-state index in [1.165, 1.54) is 36.2 Å². The van der Waals surface area contributed by atoms with Crippen molar-refractivity contribution in [3.63, 3.8) is 0 Å². The Hall–Kier alpha value is -3.15. The summed E-state index contributed by atoms with van der Waals surface area (Å²) >= 11 is 0. The van der Waals surface area contributed by atoms with Gasteiger partial charge in [-0.05, 0) is 36.4 Å². The SMILES string of the molecule is CN(CC(=O)Nc1ccc(F)cc1)C(=O)c1cc2ccccc2o1. The molecular weight excluding hydrogens is 311 g/mol. The number of para-hydroxylation sites is 1. The zero-order valence-electron chi connectivity index (χ0n) is 13.0. The Bertz CT molecular complexity index is 854. The van der Waals surface area contributed by atoms with E-state index in [9.17, 15) is 14.0 Å². The van der Waals surface area contributed by atoms with Crippen molar-refractivity contribution in [2.75, 3.05) is 18.9 Å². The molecular formula is C18H15FN2O3. The molecule has 3 aromatic rings. The van der Waals surface area contributed by atoms with Crippen molar-refractivity contribution in [3.05, 3.63) is 66.2 Å². The van der Waals surface area contributed by atoms with Gasteiger partial charge in [0, 0.05) is 18.1 Å². The van der Waals surface area contributed by atoms with Gasteiger partial charge in [-0.15, -0.1) is 0 Å². The van der Waals surface area contributed by atoms with Crippen LogP contribution in [-0.2, 0) is 4.79 Å². The number of anilines is 1. The highest BCUT2D eigenvalue weighted by Crippen LogP contribution is 2.19. The number of hydrogen-bond acceptors (Lipinski definition) is 3. The number of amides is 2. The number of nitrogens with one attached hydrogen (secondary N) is 1. The lowest BCUT2D eigenvalue weighted by Gasteiger charge is -2.15. The number of fused-ring (bicyclic) bond motifs is 1.